The summed E-state index contributed by atoms with van der Waals surface area (Å²) < 4.78 is 5.54. The SMILES string of the molecule is O=C(CSc1nnc(-c2cccnc2)o1)Nc1ccc(N2CCCC2=O)cc1. The molecule has 1 fully saturated rings. The number of nitrogens with zero attached hydrogens (tertiary/aromatic N) is 4. The number of thioether (sulfide) groups is 1. The van der Waals surface area contributed by atoms with E-state index in [4.69, 9.17) is 4.42 Å². The van der Waals surface area contributed by atoms with Gasteiger partial charge in [0.1, 0.15) is 0 Å². The summed E-state index contributed by atoms with van der Waals surface area (Å²) in [7, 11) is 0. The standard InChI is InChI=1S/C19H17N5O3S/c25-16(12-28-19-23-22-18(27-19)13-3-1-9-20-11-13)21-14-5-7-15(8-6-14)24-10-2-4-17(24)26/h1,3,5-9,11H,2,4,10,12H2,(H,21,25). The number of amides is 2. The van der Waals surface area contributed by atoms with Crippen molar-refractivity contribution in [3.8, 4) is 11.5 Å². The molecule has 2 aromatic heterocycles. The van der Waals surface area contributed by atoms with Crippen LogP contribution < -0.4 is 10.2 Å². The van der Waals surface area contributed by atoms with Crippen LogP contribution in [0.3, 0.4) is 0 Å². The Morgan fingerprint density at radius 2 is 2.07 bits per heavy atom. The molecule has 4 rings (SSSR count). The Hall–Kier alpha value is -3.20. The van der Waals surface area contributed by atoms with Gasteiger partial charge in [-0.2, -0.15) is 0 Å². The lowest BCUT2D eigenvalue weighted by Crippen LogP contribution is -2.23. The van der Waals surface area contributed by atoms with Crippen molar-refractivity contribution in [2.24, 2.45) is 0 Å². The molecule has 3 aromatic rings. The Morgan fingerprint density at radius 1 is 1.21 bits per heavy atom. The summed E-state index contributed by atoms with van der Waals surface area (Å²) in [6, 6.07) is 10.9. The number of benzene rings is 1. The van der Waals surface area contributed by atoms with Crippen LogP contribution in [0, 0.1) is 0 Å². The molecule has 0 radical (unpaired) electrons. The molecule has 2 amide bonds. The van der Waals surface area contributed by atoms with Crippen LogP contribution in [-0.4, -0.2) is 39.3 Å². The van der Waals surface area contributed by atoms with Gasteiger partial charge in [0, 0.05) is 36.7 Å². The molecule has 0 atom stereocenters. The number of nitrogens with one attached hydrogen (secondary N) is 1. The van der Waals surface area contributed by atoms with E-state index < -0.39 is 0 Å². The summed E-state index contributed by atoms with van der Waals surface area (Å²) in [4.78, 5) is 29.7. The molecule has 1 aliphatic rings. The third-order valence-electron chi connectivity index (χ3n) is 4.18. The van der Waals surface area contributed by atoms with Crippen LogP contribution in [0.5, 0.6) is 0 Å². The maximum atomic E-state index is 12.2. The molecule has 0 spiro atoms. The highest BCUT2D eigenvalue weighted by Crippen LogP contribution is 2.24. The number of hydrogen-bond acceptors (Lipinski definition) is 7. The largest absolute Gasteiger partial charge is 0.411 e. The van der Waals surface area contributed by atoms with E-state index in [0.717, 1.165) is 36.0 Å². The highest BCUT2D eigenvalue weighted by atomic mass is 32.2. The molecule has 1 N–H and O–H groups in total. The lowest BCUT2D eigenvalue weighted by Gasteiger charge is -2.16. The molecule has 28 heavy (non-hydrogen) atoms. The molecule has 1 aromatic carbocycles. The lowest BCUT2D eigenvalue weighted by atomic mass is 10.2. The van der Waals surface area contributed by atoms with E-state index in [2.05, 4.69) is 20.5 Å². The summed E-state index contributed by atoms with van der Waals surface area (Å²) >= 11 is 1.16. The van der Waals surface area contributed by atoms with Gasteiger partial charge in [-0.05, 0) is 42.8 Å². The van der Waals surface area contributed by atoms with E-state index in [0.29, 0.717) is 23.2 Å². The number of pyridine rings is 1. The zero-order valence-electron chi connectivity index (χ0n) is 14.9. The van der Waals surface area contributed by atoms with Crippen LogP contribution >= 0.6 is 11.8 Å². The Labute approximate surface area is 165 Å². The van der Waals surface area contributed by atoms with E-state index in [1.54, 1.807) is 35.5 Å². The van der Waals surface area contributed by atoms with Crippen molar-refractivity contribution >= 4 is 35.0 Å². The van der Waals surface area contributed by atoms with Gasteiger partial charge in [0.15, 0.2) is 0 Å². The molecular weight excluding hydrogens is 378 g/mol. The van der Waals surface area contributed by atoms with Crippen LogP contribution in [0.25, 0.3) is 11.5 Å². The minimum Gasteiger partial charge on any atom is -0.411 e. The van der Waals surface area contributed by atoms with Crippen LogP contribution in [0.2, 0.25) is 0 Å². The van der Waals surface area contributed by atoms with Crippen molar-refractivity contribution in [1.82, 2.24) is 15.2 Å². The summed E-state index contributed by atoms with van der Waals surface area (Å²) in [5, 5.41) is 11.0. The number of carbonyl (C=O) groups excluding carboxylic acids is 2. The number of hydrogen-bond donors (Lipinski definition) is 1. The number of aromatic nitrogens is 3. The van der Waals surface area contributed by atoms with Crippen molar-refractivity contribution in [3.05, 3.63) is 48.8 Å². The first-order valence-electron chi connectivity index (χ1n) is 8.76. The van der Waals surface area contributed by atoms with E-state index in [9.17, 15) is 9.59 Å². The average molecular weight is 395 g/mol. The molecule has 0 aliphatic carbocycles. The zero-order valence-corrected chi connectivity index (χ0v) is 15.7. The summed E-state index contributed by atoms with van der Waals surface area (Å²) in [5.74, 6) is 0.457. The molecule has 142 valence electrons. The summed E-state index contributed by atoms with van der Waals surface area (Å²) in [6.45, 7) is 0.742. The monoisotopic (exact) mass is 395 g/mol. The minimum absolute atomic E-state index is 0.137. The second-order valence-corrected chi connectivity index (χ2v) is 7.07. The first-order chi connectivity index (χ1) is 13.7. The maximum absolute atomic E-state index is 12.2. The van der Waals surface area contributed by atoms with Crippen molar-refractivity contribution < 1.29 is 14.0 Å². The third kappa shape index (κ3) is 4.20. The van der Waals surface area contributed by atoms with Crippen molar-refractivity contribution in [2.75, 3.05) is 22.5 Å². The predicted molar refractivity (Wildman–Crippen MR) is 105 cm³/mol. The zero-order chi connectivity index (χ0) is 19.3. The highest BCUT2D eigenvalue weighted by Gasteiger charge is 2.21. The second-order valence-electron chi connectivity index (χ2n) is 6.15. The maximum Gasteiger partial charge on any atom is 0.277 e. The molecule has 9 heteroatoms. The molecule has 3 heterocycles. The topological polar surface area (TPSA) is 101 Å². The normalized spacial score (nSPS) is 13.7. The molecule has 0 saturated carbocycles. The van der Waals surface area contributed by atoms with Crippen molar-refractivity contribution in [3.63, 3.8) is 0 Å². The van der Waals surface area contributed by atoms with Gasteiger partial charge in [-0.15, -0.1) is 10.2 Å². The highest BCUT2D eigenvalue weighted by molar-refractivity contribution is 7.99. The Kier molecular flexibility index (Phi) is 5.34. The minimum atomic E-state index is -0.184. The van der Waals surface area contributed by atoms with E-state index >= 15 is 0 Å². The van der Waals surface area contributed by atoms with Crippen LogP contribution in [0.1, 0.15) is 12.8 Å². The van der Waals surface area contributed by atoms with Crippen molar-refractivity contribution in [2.45, 2.75) is 18.1 Å². The molecule has 1 aliphatic heterocycles. The van der Waals surface area contributed by atoms with Crippen LogP contribution in [-0.2, 0) is 9.59 Å². The van der Waals surface area contributed by atoms with Gasteiger partial charge in [0.25, 0.3) is 5.22 Å². The van der Waals surface area contributed by atoms with Gasteiger partial charge in [0.2, 0.25) is 17.7 Å². The number of carbonyl (C=O) groups is 2. The van der Waals surface area contributed by atoms with Gasteiger partial charge in [-0.25, -0.2) is 0 Å². The Balaban J connectivity index is 1.30. The molecule has 1 saturated heterocycles. The smallest absolute Gasteiger partial charge is 0.277 e. The van der Waals surface area contributed by atoms with Crippen molar-refractivity contribution in [1.29, 1.82) is 0 Å². The first-order valence-corrected chi connectivity index (χ1v) is 9.74. The number of anilines is 2. The average Bonchev–Trinajstić information content (AvgIpc) is 3.37. The fourth-order valence-corrected chi connectivity index (χ4v) is 3.41. The fraction of sp³-hybridized carbons (Fsp3) is 0.211. The summed E-state index contributed by atoms with van der Waals surface area (Å²) in [5.41, 5.74) is 2.24. The number of rotatable bonds is 6. The third-order valence-corrected chi connectivity index (χ3v) is 5.00. The fourth-order valence-electron chi connectivity index (χ4n) is 2.84. The molecule has 0 bridgehead atoms. The van der Waals surface area contributed by atoms with Gasteiger partial charge < -0.3 is 14.6 Å². The Morgan fingerprint density at radius 3 is 2.79 bits per heavy atom. The first kappa shape index (κ1) is 18.2. The van der Waals surface area contributed by atoms with E-state index in [1.165, 1.54) is 0 Å². The quantitative estimate of drug-likeness (QED) is 0.640. The Bertz CT molecular complexity index is 975. The molecule has 0 unspecified atom stereocenters. The van der Waals surface area contributed by atoms with E-state index in [-0.39, 0.29) is 17.6 Å². The molecule has 8 nitrogen and oxygen atoms in total. The predicted octanol–water partition coefficient (Wildman–Crippen LogP) is 2.99. The van der Waals surface area contributed by atoms with Gasteiger partial charge in [-0.3, -0.25) is 14.6 Å². The van der Waals surface area contributed by atoms with Gasteiger partial charge >= 0.3 is 0 Å². The summed E-state index contributed by atoms with van der Waals surface area (Å²) in [6.07, 6.45) is 4.77. The van der Waals surface area contributed by atoms with E-state index in [1.807, 2.05) is 18.2 Å². The molecular formula is C19H17N5O3S. The second kappa shape index (κ2) is 8.22. The lowest BCUT2D eigenvalue weighted by molar-refractivity contribution is -0.117. The van der Waals surface area contributed by atoms with Crippen LogP contribution in [0.15, 0.2) is 58.4 Å². The van der Waals surface area contributed by atoms with Gasteiger partial charge in [-0.1, -0.05) is 11.8 Å². The van der Waals surface area contributed by atoms with Gasteiger partial charge in [0.05, 0.1) is 11.3 Å². The van der Waals surface area contributed by atoms with Crippen LogP contribution in [0.4, 0.5) is 11.4 Å².